The van der Waals surface area contributed by atoms with Crippen LogP contribution in [0.15, 0.2) is 85.3 Å². The number of nitrogens with zero attached hydrogens (tertiary/aromatic N) is 3. The third kappa shape index (κ3) is 4.00. The van der Waals surface area contributed by atoms with Gasteiger partial charge in [-0.1, -0.05) is 68.4 Å². The third-order valence-electron chi connectivity index (χ3n) is 5.61. The van der Waals surface area contributed by atoms with Gasteiger partial charge in [0.2, 0.25) is 0 Å². The van der Waals surface area contributed by atoms with Crippen molar-refractivity contribution in [3.63, 3.8) is 0 Å². The average Bonchev–Trinajstić information content (AvgIpc) is 3.26. The molecule has 146 valence electrons. The zero-order chi connectivity index (χ0) is 20.1. The Labute approximate surface area is 173 Å². The van der Waals surface area contributed by atoms with Crippen LogP contribution in [0.25, 0.3) is 17.2 Å². The van der Waals surface area contributed by atoms with E-state index < -0.39 is 0 Å². The van der Waals surface area contributed by atoms with E-state index in [1.807, 2.05) is 24.7 Å². The molecule has 0 radical (unpaired) electrons. The fraction of sp³-hybridized carbons (Fsp3) is 0.231. The van der Waals surface area contributed by atoms with Crippen molar-refractivity contribution in [1.29, 1.82) is 0 Å². The molecule has 0 N–H and O–H groups in total. The Balaban J connectivity index is 1.79. The molecular weight excluding hydrogens is 354 g/mol. The van der Waals surface area contributed by atoms with E-state index in [4.69, 9.17) is 9.97 Å². The van der Waals surface area contributed by atoms with Gasteiger partial charge in [0.25, 0.3) is 0 Å². The molecule has 0 aliphatic carbocycles. The standard InChI is InChI=1S/C26H27N3/c1-3-21(4-2)23-14-10-16-27-25(23)26-28-17-18-29(26)24-15-9-8-13-22(24)19-20-11-6-5-7-12-20/h5-18,21H,3-4,19H2,1-2H3. The van der Waals surface area contributed by atoms with E-state index in [2.05, 4.69) is 79.1 Å². The lowest BCUT2D eigenvalue weighted by molar-refractivity contribution is 0.640. The van der Waals surface area contributed by atoms with Crippen LogP contribution in [0.5, 0.6) is 0 Å². The second-order valence-electron chi connectivity index (χ2n) is 7.37. The van der Waals surface area contributed by atoms with Crippen LogP contribution in [0, 0.1) is 0 Å². The van der Waals surface area contributed by atoms with Gasteiger partial charge in [-0.2, -0.15) is 0 Å². The summed E-state index contributed by atoms with van der Waals surface area (Å²) in [5.74, 6) is 1.40. The highest BCUT2D eigenvalue weighted by molar-refractivity contribution is 5.60. The Morgan fingerprint density at radius 2 is 1.55 bits per heavy atom. The molecule has 2 aromatic carbocycles. The predicted octanol–water partition coefficient (Wildman–Crippen LogP) is 6.43. The lowest BCUT2D eigenvalue weighted by atomic mass is 9.92. The maximum absolute atomic E-state index is 4.75. The number of rotatable bonds is 7. The lowest BCUT2D eigenvalue weighted by Crippen LogP contribution is -2.06. The van der Waals surface area contributed by atoms with Crippen molar-refractivity contribution in [3.8, 4) is 17.2 Å². The molecule has 0 bridgehead atoms. The summed E-state index contributed by atoms with van der Waals surface area (Å²) in [6, 6.07) is 23.4. The highest BCUT2D eigenvalue weighted by Gasteiger charge is 2.19. The zero-order valence-electron chi connectivity index (χ0n) is 17.1. The van der Waals surface area contributed by atoms with E-state index in [-0.39, 0.29) is 0 Å². The Kier molecular flexibility index (Phi) is 5.85. The lowest BCUT2D eigenvalue weighted by Gasteiger charge is -2.18. The Morgan fingerprint density at radius 1 is 0.793 bits per heavy atom. The summed E-state index contributed by atoms with van der Waals surface area (Å²) < 4.78 is 2.19. The Morgan fingerprint density at radius 3 is 2.34 bits per heavy atom. The van der Waals surface area contributed by atoms with Crippen LogP contribution in [-0.2, 0) is 6.42 Å². The largest absolute Gasteiger partial charge is 0.298 e. The van der Waals surface area contributed by atoms with E-state index in [9.17, 15) is 0 Å². The monoisotopic (exact) mass is 381 g/mol. The van der Waals surface area contributed by atoms with Gasteiger partial charge in [0.15, 0.2) is 5.82 Å². The van der Waals surface area contributed by atoms with Gasteiger partial charge < -0.3 is 0 Å². The maximum Gasteiger partial charge on any atom is 0.163 e. The fourth-order valence-corrected chi connectivity index (χ4v) is 4.05. The van der Waals surface area contributed by atoms with Crippen LogP contribution >= 0.6 is 0 Å². The first kappa shape index (κ1) is 19.1. The fourth-order valence-electron chi connectivity index (χ4n) is 4.05. The molecule has 0 fully saturated rings. The topological polar surface area (TPSA) is 30.7 Å². The van der Waals surface area contributed by atoms with Gasteiger partial charge in [-0.3, -0.25) is 9.55 Å². The summed E-state index contributed by atoms with van der Waals surface area (Å²) in [5, 5.41) is 0. The summed E-state index contributed by atoms with van der Waals surface area (Å²) in [5.41, 5.74) is 6.01. The van der Waals surface area contributed by atoms with Gasteiger partial charge in [0, 0.05) is 18.6 Å². The van der Waals surface area contributed by atoms with Crippen molar-refractivity contribution in [2.45, 2.75) is 39.0 Å². The zero-order valence-corrected chi connectivity index (χ0v) is 17.1. The molecule has 29 heavy (non-hydrogen) atoms. The summed E-state index contributed by atoms with van der Waals surface area (Å²) in [6.07, 6.45) is 8.87. The van der Waals surface area contributed by atoms with Crippen LogP contribution in [0.4, 0.5) is 0 Å². The first-order valence-corrected chi connectivity index (χ1v) is 10.4. The number of imidazole rings is 1. The van der Waals surface area contributed by atoms with Crippen LogP contribution in [-0.4, -0.2) is 14.5 Å². The molecule has 3 nitrogen and oxygen atoms in total. The maximum atomic E-state index is 4.75. The molecule has 2 heterocycles. The molecule has 0 unspecified atom stereocenters. The van der Waals surface area contributed by atoms with Crippen molar-refractivity contribution in [1.82, 2.24) is 14.5 Å². The van der Waals surface area contributed by atoms with Crippen LogP contribution in [0.3, 0.4) is 0 Å². The summed E-state index contributed by atoms with van der Waals surface area (Å²) in [7, 11) is 0. The van der Waals surface area contributed by atoms with E-state index in [0.717, 1.165) is 36.5 Å². The quantitative estimate of drug-likeness (QED) is 0.369. The van der Waals surface area contributed by atoms with E-state index >= 15 is 0 Å². The third-order valence-corrected chi connectivity index (χ3v) is 5.61. The molecule has 0 aliphatic rings. The van der Waals surface area contributed by atoms with E-state index in [1.54, 1.807) is 0 Å². The van der Waals surface area contributed by atoms with Gasteiger partial charge in [-0.05, 0) is 54.0 Å². The summed E-state index contributed by atoms with van der Waals surface area (Å²) in [6.45, 7) is 4.49. The Hall–Kier alpha value is -3.20. The molecule has 0 aliphatic heterocycles. The molecule has 4 rings (SSSR count). The van der Waals surface area contributed by atoms with Crippen molar-refractivity contribution in [3.05, 3.63) is 102 Å². The molecule has 2 aromatic heterocycles. The highest BCUT2D eigenvalue weighted by Crippen LogP contribution is 2.32. The second kappa shape index (κ2) is 8.87. The average molecular weight is 382 g/mol. The number of para-hydroxylation sites is 1. The molecular formula is C26H27N3. The first-order valence-electron chi connectivity index (χ1n) is 10.4. The molecule has 3 heteroatoms. The molecule has 4 aromatic rings. The van der Waals surface area contributed by atoms with Crippen LogP contribution < -0.4 is 0 Å². The van der Waals surface area contributed by atoms with Crippen molar-refractivity contribution < 1.29 is 0 Å². The van der Waals surface area contributed by atoms with Crippen molar-refractivity contribution in [2.24, 2.45) is 0 Å². The molecule has 0 atom stereocenters. The number of benzene rings is 2. The van der Waals surface area contributed by atoms with Gasteiger partial charge in [0.1, 0.15) is 5.69 Å². The van der Waals surface area contributed by atoms with E-state index in [1.165, 1.54) is 16.7 Å². The normalized spacial score (nSPS) is 11.1. The smallest absolute Gasteiger partial charge is 0.163 e. The number of hydrogen-bond donors (Lipinski definition) is 0. The van der Waals surface area contributed by atoms with Crippen molar-refractivity contribution in [2.75, 3.05) is 0 Å². The van der Waals surface area contributed by atoms with Crippen LogP contribution in [0.1, 0.15) is 49.3 Å². The molecule has 0 saturated carbocycles. The van der Waals surface area contributed by atoms with E-state index in [0.29, 0.717) is 5.92 Å². The summed E-state index contributed by atoms with van der Waals surface area (Å²) in [4.78, 5) is 9.48. The molecule has 0 spiro atoms. The second-order valence-corrected chi connectivity index (χ2v) is 7.37. The minimum absolute atomic E-state index is 0.489. The minimum Gasteiger partial charge on any atom is -0.298 e. The number of pyridine rings is 1. The van der Waals surface area contributed by atoms with Gasteiger partial charge in [0.05, 0.1) is 5.69 Å². The van der Waals surface area contributed by atoms with Gasteiger partial charge in [-0.25, -0.2) is 4.98 Å². The van der Waals surface area contributed by atoms with Crippen LogP contribution in [0.2, 0.25) is 0 Å². The van der Waals surface area contributed by atoms with Crippen molar-refractivity contribution >= 4 is 0 Å². The molecule has 0 amide bonds. The predicted molar refractivity (Wildman–Crippen MR) is 119 cm³/mol. The van der Waals surface area contributed by atoms with Gasteiger partial charge >= 0.3 is 0 Å². The number of hydrogen-bond acceptors (Lipinski definition) is 2. The number of aromatic nitrogens is 3. The highest BCUT2D eigenvalue weighted by atomic mass is 15.1. The minimum atomic E-state index is 0.489. The first-order chi connectivity index (χ1) is 14.3. The Bertz CT molecular complexity index is 1060. The SMILES string of the molecule is CCC(CC)c1cccnc1-c1nccn1-c1ccccc1Cc1ccccc1. The summed E-state index contributed by atoms with van der Waals surface area (Å²) >= 11 is 0. The molecule has 0 saturated heterocycles. The van der Waals surface area contributed by atoms with Gasteiger partial charge in [-0.15, -0.1) is 0 Å².